The van der Waals surface area contributed by atoms with Crippen LogP contribution in [0.1, 0.15) is 25.2 Å². The summed E-state index contributed by atoms with van der Waals surface area (Å²) in [4.78, 5) is 13.8. The molecule has 20 heavy (non-hydrogen) atoms. The van der Waals surface area contributed by atoms with Gasteiger partial charge in [-0.1, -0.05) is 6.07 Å². The van der Waals surface area contributed by atoms with Crippen LogP contribution in [0, 0.1) is 0 Å². The van der Waals surface area contributed by atoms with Gasteiger partial charge in [-0.2, -0.15) is 0 Å². The standard InChI is InChI=1S/C15H23N5/c1-12-14-4-3-5-15(20-14)13(2)19-11-9-17-7-6-16-8-10-18-12/h3-5,16-17H,6-11H2,1-2H3/b18-12+,19-13+. The third kappa shape index (κ3) is 4.51. The Morgan fingerprint density at radius 1 is 0.800 bits per heavy atom. The van der Waals surface area contributed by atoms with E-state index in [1.54, 1.807) is 0 Å². The minimum Gasteiger partial charge on any atom is -0.314 e. The van der Waals surface area contributed by atoms with E-state index in [4.69, 9.17) is 0 Å². The van der Waals surface area contributed by atoms with Crippen LogP contribution in [0.15, 0.2) is 28.2 Å². The maximum absolute atomic E-state index is 4.64. The summed E-state index contributed by atoms with van der Waals surface area (Å²) in [5, 5.41) is 6.73. The van der Waals surface area contributed by atoms with Gasteiger partial charge in [0.15, 0.2) is 0 Å². The van der Waals surface area contributed by atoms with Crippen LogP contribution < -0.4 is 10.6 Å². The van der Waals surface area contributed by atoms with Gasteiger partial charge in [0.25, 0.3) is 0 Å². The van der Waals surface area contributed by atoms with E-state index in [0.29, 0.717) is 0 Å². The molecule has 0 spiro atoms. The van der Waals surface area contributed by atoms with Gasteiger partial charge in [-0.15, -0.1) is 0 Å². The Bertz CT molecular complexity index is 452. The van der Waals surface area contributed by atoms with E-state index in [-0.39, 0.29) is 0 Å². The van der Waals surface area contributed by atoms with Gasteiger partial charge in [0.1, 0.15) is 0 Å². The molecule has 0 fully saturated rings. The maximum Gasteiger partial charge on any atom is 0.0845 e. The molecular weight excluding hydrogens is 250 g/mol. The van der Waals surface area contributed by atoms with Gasteiger partial charge in [0, 0.05) is 26.2 Å². The quantitative estimate of drug-likeness (QED) is 0.738. The minimum atomic E-state index is 0.783. The number of rotatable bonds is 0. The van der Waals surface area contributed by atoms with Crippen molar-refractivity contribution in [1.82, 2.24) is 15.6 Å². The molecule has 0 radical (unpaired) electrons. The van der Waals surface area contributed by atoms with E-state index >= 15 is 0 Å². The van der Waals surface area contributed by atoms with Crippen molar-refractivity contribution in [1.29, 1.82) is 0 Å². The summed E-state index contributed by atoms with van der Waals surface area (Å²) in [6.45, 7) is 9.31. The fourth-order valence-corrected chi connectivity index (χ4v) is 2.03. The number of aliphatic imine (C=N–C) groups is 2. The third-order valence-electron chi connectivity index (χ3n) is 3.24. The van der Waals surface area contributed by atoms with Gasteiger partial charge in [-0.05, 0) is 26.0 Å². The molecule has 1 aromatic rings. The molecular formula is C15H23N5. The first-order chi connectivity index (χ1) is 9.77. The van der Waals surface area contributed by atoms with Crippen molar-refractivity contribution in [2.24, 2.45) is 9.98 Å². The predicted molar refractivity (Wildman–Crippen MR) is 84.1 cm³/mol. The fourth-order valence-electron chi connectivity index (χ4n) is 2.03. The number of nitrogens with one attached hydrogen (secondary N) is 2. The van der Waals surface area contributed by atoms with Crippen molar-refractivity contribution in [3.63, 3.8) is 0 Å². The molecule has 108 valence electrons. The van der Waals surface area contributed by atoms with E-state index in [1.165, 1.54) is 0 Å². The zero-order chi connectivity index (χ0) is 14.2. The molecule has 5 heteroatoms. The molecule has 2 rings (SSSR count). The lowest BCUT2D eigenvalue weighted by atomic mass is 10.2. The van der Waals surface area contributed by atoms with Crippen LogP contribution in [0.4, 0.5) is 0 Å². The second-order valence-electron chi connectivity index (χ2n) is 4.84. The molecule has 0 saturated carbocycles. The molecule has 2 heterocycles. The smallest absolute Gasteiger partial charge is 0.0845 e. The van der Waals surface area contributed by atoms with Gasteiger partial charge in [0.2, 0.25) is 0 Å². The number of hydrogen-bond acceptors (Lipinski definition) is 5. The highest BCUT2D eigenvalue weighted by atomic mass is 15.0. The van der Waals surface area contributed by atoms with Crippen molar-refractivity contribution < 1.29 is 0 Å². The monoisotopic (exact) mass is 273 g/mol. The molecule has 0 saturated heterocycles. The molecule has 1 aromatic heterocycles. The fraction of sp³-hybridized carbons (Fsp3) is 0.533. The Morgan fingerprint density at radius 2 is 1.30 bits per heavy atom. The Kier molecular flexibility index (Phi) is 5.83. The Morgan fingerprint density at radius 3 is 1.80 bits per heavy atom. The lowest BCUT2D eigenvalue weighted by Gasteiger charge is -2.04. The topological polar surface area (TPSA) is 61.7 Å². The molecule has 0 aromatic carbocycles. The van der Waals surface area contributed by atoms with Gasteiger partial charge in [-0.3, -0.25) is 9.98 Å². The first-order valence-electron chi connectivity index (χ1n) is 7.19. The lowest BCUT2D eigenvalue weighted by Crippen LogP contribution is -2.30. The predicted octanol–water partition coefficient (Wildman–Crippen LogP) is 0.892. The minimum absolute atomic E-state index is 0.783. The van der Waals surface area contributed by atoms with Gasteiger partial charge < -0.3 is 10.6 Å². The highest BCUT2D eigenvalue weighted by Gasteiger charge is 2.04. The van der Waals surface area contributed by atoms with Crippen LogP contribution in [0.3, 0.4) is 0 Å². The maximum atomic E-state index is 4.64. The first-order valence-corrected chi connectivity index (χ1v) is 7.19. The molecule has 0 amide bonds. The van der Waals surface area contributed by atoms with Crippen molar-refractivity contribution in [2.75, 3.05) is 39.3 Å². The summed E-state index contributed by atoms with van der Waals surface area (Å²) < 4.78 is 0. The molecule has 1 aliphatic rings. The van der Waals surface area contributed by atoms with E-state index in [9.17, 15) is 0 Å². The van der Waals surface area contributed by atoms with Crippen LogP contribution >= 0.6 is 0 Å². The van der Waals surface area contributed by atoms with Crippen molar-refractivity contribution in [2.45, 2.75) is 13.8 Å². The highest BCUT2D eigenvalue weighted by Crippen LogP contribution is 2.03. The van der Waals surface area contributed by atoms with E-state index in [0.717, 1.165) is 62.1 Å². The SMILES string of the molecule is C/C1=N\CCNCCNCC/N=C(\C)c2cccc1n2. The second kappa shape index (κ2) is 7.87. The van der Waals surface area contributed by atoms with Crippen molar-refractivity contribution in [3.05, 3.63) is 29.6 Å². The Hall–Kier alpha value is -1.59. The summed E-state index contributed by atoms with van der Waals surface area (Å²) in [5.74, 6) is 0. The van der Waals surface area contributed by atoms with Crippen LogP contribution in [-0.2, 0) is 0 Å². The lowest BCUT2D eigenvalue weighted by molar-refractivity contribution is 0.619. The van der Waals surface area contributed by atoms with Crippen molar-refractivity contribution in [3.8, 4) is 0 Å². The molecule has 1 aliphatic heterocycles. The zero-order valence-electron chi connectivity index (χ0n) is 12.3. The molecule has 0 atom stereocenters. The van der Waals surface area contributed by atoms with Crippen LogP contribution in [-0.4, -0.2) is 55.7 Å². The molecule has 5 nitrogen and oxygen atoms in total. The van der Waals surface area contributed by atoms with Gasteiger partial charge >= 0.3 is 0 Å². The number of hydrogen-bond donors (Lipinski definition) is 2. The highest BCUT2D eigenvalue weighted by molar-refractivity contribution is 6.00. The average Bonchev–Trinajstić information content (AvgIpc) is 2.48. The van der Waals surface area contributed by atoms with Crippen LogP contribution in [0.25, 0.3) is 0 Å². The summed E-state index contributed by atoms with van der Waals surface area (Å²) in [7, 11) is 0. The van der Waals surface area contributed by atoms with Crippen molar-refractivity contribution >= 4 is 11.4 Å². The molecule has 2 bridgehead atoms. The summed E-state index contributed by atoms with van der Waals surface area (Å²) in [6.07, 6.45) is 0. The van der Waals surface area contributed by atoms with E-state index in [1.807, 2.05) is 32.0 Å². The van der Waals surface area contributed by atoms with Crippen LogP contribution in [0.5, 0.6) is 0 Å². The summed E-state index contributed by atoms with van der Waals surface area (Å²) in [5.41, 5.74) is 3.83. The number of pyridine rings is 1. The zero-order valence-corrected chi connectivity index (χ0v) is 12.3. The number of nitrogens with zero attached hydrogens (tertiary/aromatic N) is 3. The largest absolute Gasteiger partial charge is 0.314 e. The summed E-state index contributed by atoms with van der Waals surface area (Å²) in [6, 6.07) is 6.02. The van der Waals surface area contributed by atoms with Gasteiger partial charge in [0.05, 0.1) is 35.9 Å². The Labute approximate surface area is 120 Å². The van der Waals surface area contributed by atoms with E-state index in [2.05, 4.69) is 25.6 Å². The van der Waals surface area contributed by atoms with Gasteiger partial charge in [-0.25, -0.2) is 4.98 Å². The van der Waals surface area contributed by atoms with E-state index < -0.39 is 0 Å². The second-order valence-corrected chi connectivity index (χ2v) is 4.84. The molecule has 0 unspecified atom stereocenters. The number of aromatic nitrogens is 1. The molecule has 2 N–H and O–H groups in total. The number of fused-ring (bicyclic) bond motifs is 2. The normalized spacial score (nSPS) is 23.7. The van der Waals surface area contributed by atoms with Crippen LogP contribution in [0.2, 0.25) is 0 Å². The Balaban J connectivity index is 2.20. The first kappa shape index (κ1) is 14.8. The third-order valence-corrected chi connectivity index (χ3v) is 3.24. The molecule has 0 aliphatic carbocycles. The summed E-state index contributed by atoms with van der Waals surface area (Å²) >= 11 is 0. The average molecular weight is 273 g/mol.